The summed E-state index contributed by atoms with van der Waals surface area (Å²) in [5.74, 6) is 0.000868. The molecule has 0 aliphatic heterocycles. The van der Waals surface area contributed by atoms with Crippen molar-refractivity contribution >= 4 is 16.8 Å². The smallest absolute Gasteiger partial charge is 0.260 e. The number of benzene rings is 2. The van der Waals surface area contributed by atoms with E-state index in [0.29, 0.717) is 13.0 Å². The summed E-state index contributed by atoms with van der Waals surface area (Å²) in [6.07, 6.45) is 2.59. The van der Waals surface area contributed by atoms with E-state index >= 15 is 0 Å². The maximum atomic E-state index is 13.3. The lowest BCUT2D eigenvalue weighted by atomic mass is 9.81. The van der Waals surface area contributed by atoms with E-state index in [0.717, 1.165) is 29.6 Å². The van der Waals surface area contributed by atoms with Gasteiger partial charge in [0.05, 0.1) is 12.3 Å². The van der Waals surface area contributed by atoms with Gasteiger partial charge in [-0.3, -0.25) is 4.79 Å². The van der Waals surface area contributed by atoms with Crippen LogP contribution in [0.25, 0.3) is 10.9 Å². The van der Waals surface area contributed by atoms with Gasteiger partial charge in [-0.1, -0.05) is 48.5 Å². The third-order valence-corrected chi connectivity index (χ3v) is 5.25. The predicted octanol–water partition coefficient (Wildman–Crippen LogP) is 4.00. The first-order chi connectivity index (χ1) is 12.6. The zero-order chi connectivity index (χ0) is 18.1. The lowest BCUT2D eigenvalue weighted by molar-refractivity contribution is -0.163. The van der Waals surface area contributed by atoms with Crippen LogP contribution in [0.5, 0.6) is 0 Å². The number of hydrogen-bond acceptors (Lipinski definition) is 2. The highest BCUT2D eigenvalue weighted by Gasteiger charge is 2.47. The van der Waals surface area contributed by atoms with E-state index in [1.165, 1.54) is 10.9 Å². The van der Waals surface area contributed by atoms with Gasteiger partial charge in [0.15, 0.2) is 5.60 Å². The van der Waals surface area contributed by atoms with E-state index in [4.69, 9.17) is 4.74 Å². The number of carbonyl (C=O) groups is 1. The van der Waals surface area contributed by atoms with E-state index in [1.54, 1.807) is 19.0 Å². The van der Waals surface area contributed by atoms with Crippen molar-refractivity contribution in [1.82, 2.24) is 9.88 Å². The monoisotopic (exact) mass is 348 g/mol. The SMILES string of the molecule is CN(C)C(=O)C1(OCc2ccccc2)CCCc2c1[nH]c1ccccc21. The number of likely N-dealkylation sites (N-methyl/N-ethyl adjacent to an activating group) is 1. The molecule has 0 spiro atoms. The van der Waals surface area contributed by atoms with Crippen LogP contribution in [0.15, 0.2) is 54.6 Å². The summed E-state index contributed by atoms with van der Waals surface area (Å²) in [7, 11) is 3.60. The highest BCUT2D eigenvalue weighted by molar-refractivity contribution is 5.92. The van der Waals surface area contributed by atoms with Gasteiger partial charge in [-0.15, -0.1) is 0 Å². The zero-order valence-electron chi connectivity index (χ0n) is 15.3. The third-order valence-electron chi connectivity index (χ3n) is 5.25. The number of rotatable bonds is 4. The van der Waals surface area contributed by atoms with Crippen molar-refractivity contribution in [2.75, 3.05) is 14.1 Å². The van der Waals surface area contributed by atoms with E-state index in [9.17, 15) is 4.79 Å². The Morgan fingerprint density at radius 3 is 2.62 bits per heavy atom. The number of nitrogens with one attached hydrogen (secondary N) is 1. The van der Waals surface area contributed by atoms with Crippen LogP contribution in [0.2, 0.25) is 0 Å². The van der Waals surface area contributed by atoms with Crippen LogP contribution in [0.1, 0.15) is 29.7 Å². The maximum Gasteiger partial charge on any atom is 0.260 e. The summed E-state index contributed by atoms with van der Waals surface area (Å²) in [5, 5.41) is 1.20. The molecule has 1 aromatic heterocycles. The zero-order valence-corrected chi connectivity index (χ0v) is 15.3. The summed E-state index contributed by atoms with van der Waals surface area (Å²) < 4.78 is 6.41. The molecule has 1 amide bonds. The van der Waals surface area contributed by atoms with Gasteiger partial charge in [-0.05, 0) is 36.5 Å². The Morgan fingerprint density at radius 2 is 1.85 bits per heavy atom. The first-order valence-corrected chi connectivity index (χ1v) is 9.11. The first-order valence-electron chi connectivity index (χ1n) is 9.11. The second kappa shape index (κ2) is 6.61. The molecule has 1 aliphatic carbocycles. The predicted molar refractivity (Wildman–Crippen MR) is 103 cm³/mol. The molecule has 4 nitrogen and oxygen atoms in total. The lowest BCUT2D eigenvalue weighted by Gasteiger charge is -2.37. The fourth-order valence-electron chi connectivity index (χ4n) is 4.01. The molecule has 4 rings (SSSR count). The van der Waals surface area contributed by atoms with Gasteiger partial charge < -0.3 is 14.6 Å². The minimum atomic E-state index is -0.952. The van der Waals surface area contributed by atoms with Crippen molar-refractivity contribution in [3.63, 3.8) is 0 Å². The Kier molecular flexibility index (Phi) is 4.29. The van der Waals surface area contributed by atoms with Gasteiger partial charge in [-0.2, -0.15) is 0 Å². The number of amides is 1. The van der Waals surface area contributed by atoms with Crippen molar-refractivity contribution in [2.24, 2.45) is 0 Å². The molecule has 1 aliphatic rings. The summed E-state index contributed by atoms with van der Waals surface area (Å²) in [4.78, 5) is 18.4. The van der Waals surface area contributed by atoms with Crippen molar-refractivity contribution < 1.29 is 9.53 Å². The molecule has 0 fully saturated rings. The Bertz CT molecular complexity index is 930. The molecule has 1 atom stereocenters. The van der Waals surface area contributed by atoms with Crippen molar-refractivity contribution in [2.45, 2.75) is 31.5 Å². The normalized spacial score (nSPS) is 19.3. The number of aromatic nitrogens is 1. The number of ether oxygens (including phenoxy) is 1. The average molecular weight is 348 g/mol. The van der Waals surface area contributed by atoms with Gasteiger partial charge in [0, 0.05) is 25.0 Å². The van der Waals surface area contributed by atoms with Crippen molar-refractivity contribution in [1.29, 1.82) is 0 Å². The molecule has 1 N–H and O–H groups in total. The largest absolute Gasteiger partial charge is 0.355 e. The molecule has 134 valence electrons. The van der Waals surface area contributed by atoms with Gasteiger partial charge >= 0.3 is 0 Å². The van der Waals surface area contributed by atoms with Gasteiger partial charge in [0.25, 0.3) is 5.91 Å². The molecular weight excluding hydrogens is 324 g/mol. The van der Waals surface area contributed by atoms with E-state index in [2.05, 4.69) is 17.1 Å². The number of fused-ring (bicyclic) bond motifs is 3. The Morgan fingerprint density at radius 1 is 1.12 bits per heavy atom. The van der Waals surface area contributed by atoms with E-state index in [1.807, 2.05) is 42.5 Å². The van der Waals surface area contributed by atoms with Crippen LogP contribution in [0.4, 0.5) is 0 Å². The second-order valence-corrected chi connectivity index (χ2v) is 7.18. The number of aromatic amines is 1. The van der Waals surface area contributed by atoms with Gasteiger partial charge in [0.2, 0.25) is 0 Å². The number of hydrogen-bond donors (Lipinski definition) is 1. The maximum absolute atomic E-state index is 13.3. The standard InChI is InChI=1S/C22H24N2O2/c1-24(2)21(25)22(26-15-16-9-4-3-5-10-16)14-8-12-18-17-11-6-7-13-19(17)23-20(18)22/h3-7,9-11,13,23H,8,12,14-15H2,1-2H3. The molecule has 0 saturated carbocycles. The summed E-state index contributed by atoms with van der Waals surface area (Å²) in [6.45, 7) is 0.412. The quantitative estimate of drug-likeness (QED) is 0.774. The lowest BCUT2D eigenvalue weighted by Crippen LogP contribution is -2.48. The highest BCUT2D eigenvalue weighted by atomic mass is 16.5. The average Bonchev–Trinajstić information content (AvgIpc) is 3.06. The fraction of sp³-hybridized carbons (Fsp3) is 0.318. The first kappa shape index (κ1) is 16.9. The molecule has 2 aromatic carbocycles. The fourth-order valence-corrected chi connectivity index (χ4v) is 4.01. The van der Waals surface area contributed by atoms with E-state index in [-0.39, 0.29) is 5.91 Å². The Balaban J connectivity index is 1.81. The number of carbonyl (C=O) groups excluding carboxylic acids is 1. The van der Waals surface area contributed by atoms with Crippen LogP contribution in [-0.2, 0) is 28.2 Å². The Hall–Kier alpha value is -2.59. The summed E-state index contributed by atoms with van der Waals surface area (Å²) in [6, 6.07) is 18.3. The van der Waals surface area contributed by atoms with Gasteiger partial charge in [-0.25, -0.2) is 0 Å². The van der Waals surface area contributed by atoms with Crippen LogP contribution in [0, 0.1) is 0 Å². The molecule has 0 radical (unpaired) electrons. The van der Waals surface area contributed by atoms with Crippen LogP contribution in [0.3, 0.4) is 0 Å². The molecule has 4 heteroatoms. The Labute approximate surface area is 153 Å². The van der Waals surface area contributed by atoms with Gasteiger partial charge in [0.1, 0.15) is 0 Å². The minimum absolute atomic E-state index is 0.000868. The summed E-state index contributed by atoms with van der Waals surface area (Å²) >= 11 is 0. The number of nitrogens with zero attached hydrogens (tertiary/aromatic N) is 1. The third kappa shape index (κ3) is 2.71. The topological polar surface area (TPSA) is 45.3 Å². The summed E-state index contributed by atoms with van der Waals surface area (Å²) in [5.41, 5.74) is 3.33. The molecule has 0 bridgehead atoms. The molecule has 3 aromatic rings. The van der Waals surface area contributed by atoms with Crippen LogP contribution in [-0.4, -0.2) is 29.9 Å². The number of aryl methyl sites for hydroxylation is 1. The van der Waals surface area contributed by atoms with Crippen molar-refractivity contribution in [3.05, 3.63) is 71.4 Å². The molecule has 26 heavy (non-hydrogen) atoms. The van der Waals surface area contributed by atoms with Crippen LogP contribution >= 0.6 is 0 Å². The highest BCUT2D eigenvalue weighted by Crippen LogP contribution is 2.42. The second-order valence-electron chi connectivity index (χ2n) is 7.18. The van der Waals surface area contributed by atoms with Crippen LogP contribution < -0.4 is 0 Å². The number of H-pyrrole nitrogens is 1. The number of para-hydroxylation sites is 1. The van der Waals surface area contributed by atoms with Crippen molar-refractivity contribution in [3.8, 4) is 0 Å². The molecule has 1 heterocycles. The molecule has 0 saturated heterocycles. The minimum Gasteiger partial charge on any atom is -0.355 e. The molecular formula is C22H24N2O2. The molecule has 1 unspecified atom stereocenters. The van der Waals surface area contributed by atoms with E-state index < -0.39 is 5.60 Å².